The van der Waals surface area contributed by atoms with E-state index in [0.717, 1.165) is 0 Å². The Bertz CT molecular complexity index is 624. The molecule has 0 unspecified atom stereocenters. The molecule has 2 rings (SSSR count). The van der Waals surface area contributed by atoms with Gasteiger partial charge >= 0.3 is 0 Å². The van der Waals surface area contributed by atoms with Gasteiger partial charge in [0.05, 0.1) is 0 Å². The van der Waals surface area contributed by atoms with Crippen LogP contribution in [0.15, 0.2) is 29.2 Å². The van der Waals surface area contributed by atoms with Gasteiger partial charge in [-0.15, -0.1) is 0 Å². The fraction of sp³-hybridized carbons (Fsp3) is 0.562. The molecule has 2 N–H and O–H groups in total. The van der Waals surface area contributed by atoms with Crippen molar-refractivity contribution < 1.29 is 9.59 Å². The van der Waals surface area contributed by atoms with Gasteiger partial charge in [0, 0.05) is 37.9 Å². The molecule has 23 heavy (non-hydrogen) atoms. The van der Waals surface area contributed by atoms with Gasteiger partial charge in [0.25, 0.3) is 5.56 Å². The molecule has 0 bridgehead atoms. The Morgan fingerprint density at radius 1 is 1.30 bits per heavy atom. The lowest BCUT2D eigenvalue weighted by Crippen LogP contribution is -2.49. The first-order chi connectivity index (χ1) is 11.0. The number of nitrogens with two attached hydrogens (primary N) is 1. The highest BCUT2D eigenvalue weighted by atomic mass is 16.2. The molecule has 1 aliphatic rings. The van der Waals surface area contributed by atoms with Crippen LogP contribution in [0.25, 0.3) is 0 Å². The molecule has 2 amide bonds. The summed E-state index contributed by atoms with van der Waals surface area (Å²) in [7, 11) is 0. The van der Waals surface area contributed by atoms with E-state index in [1.54, 1.807) is 23.2 Å². The number of likely N-dealkylation sites (N-methyl/N-ethyl adjacent to an activating group) is 1. The van der Waals surface area contributed by atoms with Crippen molar-refractivity contribution in [2.24, 2.45) is 5.73 Å². The topological polar surface area (TPSA) is 88.6 Å². The summed E-state index contributed by atoms with van der Waals surface area (Å²) in [5, 5.41) is 0. The Labute approximate surface area is 135 Å². The second-order valence-electron chi connectivity index (χ2n) is 5.73. The predicted octanol–water partition coefficient (Wildman–Crippen LogP) is -0.355. The molecule has 0 spiro atoms. The highest BCUT2D eigenvalue weighted by Gasteiger charge is 2.39. The van der Waals surface area contributed by atoms with Crippen LogP contribution in [0.4, 0.5) is 0 Å². The molecule has 0 saturated carbocycles. The second-order valence-corrected chi connectivity index (χ2v) is 5.73. The Morgan fingerprint density at radius 3 is 2.61 bits per heavy atom. The lowest BCUT2D eigenvalue weighted by Gasteiger charge is -2.29. The van der Waals surface area contributed by atoms with E-state index in [1.807, 2.05) is 13.8 Å². The van der Waals surface area contributed by atoms with E-state index in [2.05, 4.69) is 0 Å². The molecule has 0 aromatic carbocycles. The quantitative estimate of drug-likeness (QED) is 0.803. The molecular formula is C16H24N4O3. The third kappa shape index (κ3) is 3.79. The van der Waals surface area contributed by atoms with Crippen molar-refractivity contribution in [3.8, 4) is 0 Å². The van der Waals surface area contributed by atoms with Gasteiger partial charge in [-0.05, 0) is 26.3 Å². The first-order valence-electron chi connectivity index (χ1n) is 7.97. The molecule has 1 saturated heterocycles. The van der Waals surface area contributed by atoms with Crippen LogP contribution < -0.4 is 11.3 Å². The van der Waals surface area contributed by atoms with Gasteiger partial charge in [0.1, 0.15) is 12.6 Å². The van der Waals surface area contributed by atoms with Crippen molar-refractivity contribution in [1.82, 2.24) is 14.4 Å². The Kier molecular flexibility index (Phi) is 5.54. The van der Waals surface area contributed by atoms with Crippen LogP contribution in [0.2, 0.25) is 0 Å². The fourth-order valence-corrected chi connectivity index (χ4v) is 2.95. The average molecular weight is 320 g/mol. The zero-order chi connectivity index (χ0) is 17.0. The van der Waals surface area contributed by atoms with Crippen LogP contribution in [0, 0.1) is 0 Å². The van der Waals surface area contributed by atoms with Crippen molar-refractivity contribution in [2.45, 2.75) is 38.9 Å². The lowest BCUT2D eigenvalue weighted by molar-refractivity contribution is -0.144. The van der Waals surface area contributed by atoms with Gasteiger partial charge in [0.15, 0.2) is 0 Å². The fourth-order valence-electron chi connectivity index (χ4n) is 2.95. The van der Waals surface area contributed by atoms with E-state index < -0.39 is 6.04 Å². The number of pyridine rings is 1. The first kappa shape index (κ1) is 17.2. The monoisotopic (exact) mass is 320 g/mol. The van der Waals surface area contributed by atoms with E-state index in [1.165, 1.54) is 15.5 Å². The summed E-state index contributed by atoms with van der Waals surface area (Å²) < 4.78 is 1.34. The average Bonchev–Trinajstić information content (AvgIpc) is 2.92. The van der Waals surface area contributed by atoms with Gasteiger partial charge in [-0.25, -0.2) is 0 Å². The van der Waals surface area contributed by atoms with Crippen LogP contribution in [0.3, 0.4) is 0 Å². The van der Waals surface area contributed by atoms with E-state index in [0.29, 0.717) is 26.1 Å². The van der Waals surface area contributed by atoms with Crippen LogP contribution >= 0.6 is 0 Å². The maximum absolute atomic E-state index is 12.6. The standard InChI is InChI=1S/C16H24N4O3/c1-3-18(4-2)16(23)13-9-12(17)10-20(13)15(22)11-19-8-6-5-7-14(19)21/h5-8,12-13H,3-4,9-11,17H2,1-2H3/t12-,13-/m0/s1. The molecule has 1 aliphatic heterocycles. The van der Waals surface area contributed by atoms with Gasteiger partial charge in [-0.2, -0.15) is 0 Å². The number of likely N-dealkylation sites (tertiary alicyclic amines) is 1. The molecule has 1 fully saturated rings. The van der Waals surface area contributed by atoms with Crippen LogP contribution in [-0.2, 0) is 16.1 Å². The van der Waals surface area contributed by atoms with E-state index in [4.69, 9.17) is 5.73 Å². The van der Waals surface area contributed by atoms with Crippen molar-refractivity contribution in [2.75, 3.05) is 19.6 Å². The van der Waals surface area contributed by atoms with E-state index in [9.17, 15) is 14.4 Å². The summed E-state index contributed by atoms with van der Waals surface area (Å²) in [6, 6.07) is 3.99. The molecular weight excluding hydrogens is 296 g/mol. The second kappa shape index (κ2) is 7.41. The molecule has 1 aromatic rings. The summed E-state index contributed by atoms with van der Waals surface area (Å²) >= 11 is 0. The van der Waals surface area contributed by atoms with Crippen LogP contribution in [0.5, 0.6) is 0 Å². The van der Waals surface area contributed by atoms with Gasteiger partial charge in [-0.3, -0.25) is 14.4 Å². The number of carbonyl (C=O) groups excluding carboxylic acids is 2. The number of carbonyl (C=O) groups is 2. The SMILES string of the molecule is CCN(CC)C(=O)[C@@H]1C[C@H](N)CN1C(=O)Cn1ccccc1=O. The normalized spacial score (nSPS) is 20.6. The third-order valence-electron chi connectivity index (χ3n) is 4.22. The van der Waals surface area contributed by atoms with Crippen LogP contribution in [0.1, 0.15) is 20.3 Å². The number of hydrogen-bond donors (Lipinski definition) is 1. The summed E-state index contributed by atoms with van der Waals surface area (Å²) in [6.07, 6.45) is 2.03. The maximum Gasteiger partial charge on any atom is 0.250 e. The summed E-state index contributed by atoms with van der Waals surface area (Å²) in [5.41, 5.74) is 5.72. The maximum atomic E-state index is 12.6. The smallest absolute Gasteiger partial charge is 0.250 e. The minimum absolute atomic E-state index is 0.0725. The van der Waals surface area contributed by atoms with E-state index >= 15 is 0 Å². The van der Waals surface area contributed by atoms with Crippen molar-refractivity contribution >= 4 is 11.8 Å². The summed E-state index contributed by atoms with van der Waals surface area (Å²) in [5.74, 6) is -0.325. The zero-order valence-electron chi connectivity index (χ0n) is 13.6. The Hall–Kier alpha value is -2.15. The number of rotatable bonds is 5. The van der Waals surface area contributed by atoms with Crippen LogP contribution in [-0.4, -0.2) is 57.9 Å². The minimum Gasteiger partial charge on any atom is -0.341 e. The molecule has 7 heteroatoms. The van der Waals surface area contributed by atoms with Gasteiger partial charge in [0.2, 0.25) is 11.8 Å². The largest absolute Gasteiger partial charge is 0.341 e. The Balaban J connectivity index is 2.15. The summed E-state index contributed by atoms with van der Waals surface area (Å²) in [4.78, 5) is 40.1. The molecule has 2 heterocycles. The zero-order valence-corrected chi connectivity index (χ0v) is 13.6. The van der Waals surface area contributed by atoms with Crippen molar-refractivity contribution in [3.63, 3.8) is 0 Å². The van der Waals surface area contributed by atoms with Crippen molar-refractivity contribution in [3.05, 3.63) is 34.7 Å². The van der Waals surface area contributed by atoms with Gasteiger partial charge in [-0.1, -0.05) is 6.07 Å². The number of hydrogen-bond acceptors (Lipinski definition) is 4. The molecule has 126 valence electrons. The minimum atomic E-state index is -0.531. The number of nitrogens with zero attached hydrogens (tertiary/aromatic N) is 3. The first-order valence-corrected chi connectivity index (χ1v) is 7.97. The molecule has 1 aromatic heterocycles. The number of amides is 2. The van der Waals surface area contributed by atoms with Gasteiger partial charge < -0.3 is 20.1 Å². The molecule has 0 radical (unpaired) electrons. The highest BCUT2D eigenvalue weighted by molar-refractivity contribution is 5.88. The Morgan fingerprint density at radius 2 is 2.00 bits per heavy atom. The highest BCUT2D eigenvalue weighted by Crippen LogP contribution is 2.19. The summed E-state index contributed by atoms with van der Waals surface area (Å²) in [6.45, 7) is 5.28. The predicted molar refractivity (Wildman–Crippen MR) is 86.7 cm³/mol. The third-order valence-corrected chi connectivity index (χ3v) is 4.22. The number of aromatic nitrogens is 1. The van der Waals surface area contributed by atoms with E-state index in [-0.39, 0.29) is 30.0 Å². The lowest BCUT2D eigenvalue weighted by atomic mass is 10.1. The molecule has 0 aliphatic carbocycles. The van der Waals surface area contributed by atoms with Crippen molar-refractivity contribution in [1.29, 1.82) is 0 Å². The molecule has 7 nitrogen and oxygen atoms in total. The molecule has 2 atom stereocenters.